The molecular formula is C11H12N2O8S. The molecule has 1 aromatic carbocycles. The van der Waals surface area contributed by atoms with Crippen LogP contribution in [0.25, 0.3) is 0 Å². The first kappa shape index (κ1) is 17.4. The van der Waals surface area contributed by atoms with Gasteiger partial charge in [0.1, 0.15) is 5.54 Å². The van der Waals surface area contributed by atoms with Crippen molar-refractivity contribution in [2.45, 2.75) is 24.3 Å². The summed E-state index contributed by atoms with van der Waals surface area (Å²) in [4.78, 5) is 31.3. The molecule has 0 atom stereocenters. The van der Waals surface area contributed by atoms with E-state index in [2.05, 4.69) is 4.18 Å². The van der Waals surface area contributed by atoms with Crippen molar-refractivity contribution in [1.82, 2.24) is 5.32 Å². The first-order valence-electron chi connectivity index (χ1n) is 5.71. The minimum Gasteiger partial charge on any atom is -0.480 e. The third kappa shape index (κ3) is 3.91. The zero-order valence-corrected chi connectivity index (χ0v) is 12.3. The lowest BCUT2D eigenvalue weighted by molar-refractivity contribution is -0.387. The Bertz CT molecular complexity index is 725. The molecule has 0 aliphatic carbocycles. The van der Waals surface area contributed by atoms with Crippen LogP contribution in [0.5, 0.6) is 0 Å². The number of nitrogens with one attached hydrogen (secondary N) is 1. The smallest absolute Gasteiger partial charge is 0.423 e. The lowest BCUT2D eigenvalue weighted by atomic mass is 10.1. The fourth-order valence-corrected chi connectivity index (χ4v) is 2.27. The van der Waals surface area contributed by atoms with E-state index in [0.29, 0.717) is 0 Å². The molecule has 0 heterocycles. The monoisotopic (exact) mass is 332 g/mol. The summed E-state index contributed by atoms with van der Waals surface area (Å²) in [5.74, 6) is -1.42. The normalized spacial score (nSPS) is 11.5. The van der Waals surface area contributed by atoms with Gasteiger partial charge in [-0.25, -0.2) is 9.59 Å². The highest BCUT2D eigenvalue weighted by atomic mass is 32.2. The Morgan fingerprint density at radius 1 is 1.32 bits per heavy atom. The molecule has 1 amide bonds. The molecule has 0 radical (unpaired) electrons. The number of benzene rings is 1. The van der Waals surface area contributed by atoms with Crippen molar-refractivity contribution in [2.75, 3.05) is 0 Å². The molecule has 0 aromatic heterocycles. The predicted molar refractivity (Wildman–Crippen MR) is 71.6 cm³/mol. The van der Waals surface area contributed by atoms with Gasteiger partial charge in [0.25, 0.3) is 5.69 Å². The van der Waals surface area contributed by atoms with E-state index in [9.17, 15) is 28.1 Å². The number of hydrogen-bond acceptors (Lipinski definition) is 7. The summed E-state index contributed by atoms with van der Waals surface area (Å²) in [6.45, 7) is 2.21. The number of carboxylic acid groups (broad SMARTS) is 1. The number of carbonyl (C=O) groups is 2. The zero-order chi connectivity index (χ0) is 17.1. The highest BCUT2D eigenvalue weighted by Gasteiger charge is 2.34. The van der Waals surface area contributed by atoms with Crippen LogP contribution in [-0.2, 0) is 19.1 Å². The molecule has 1 aromatic rings. The van der Waals surface area contributed by atoms with Gasteiger partial charge in [-0.3, -0.25) is 10.1 Å². The third-order valence-corrected chi connectivity index (χ3v) is 3.72. The summed E-state index contributed by atoms with van der Waals surface area (Å²) in [5.41, 5.74) is -2.55. The maximum atomic E-state index is 11.9. The van der Waals surface area contributed by atoms with E-state index >= 15 is 0 Å². The summed E-state index contributed by atoms with van der Waals surface area (Å²) in [6.07, 6.45) is -1.56. The van der Waals surface area contributed by atoms with Crippen LogP contribution in [0.15, 0.2) is 29.2 Å². The van der Waals surface area contributed by atoms with E-state index in [1.165, 1.54) is 12.1 Å². The topological polar surface area (TPSA) is 153 Å². The lowest BCUT2D eigenvalue weighted by Gasteiger charge is -2.20. The third-order valence-electron chi connectivity index (χ3n) is 2.47. The van der Waals surface area contributed by atoms with Gasteiger partial charge in [0.2, 0.25) is 0 Å². The molecule has 0 bridgehead atoms. The second kappa shape index (κ2) is 5.97. The van der Waals surface area contributed by atoms with Crippen molar-refractivity contribution in [3.8, 4) is 0 Å². The first-order valence-corrected chi connectivity index (χ1v) is 7.11. The molecule has 1 rings (SSSR count). The van der Waals surface area contributed by atoms with Gasteiger partial charge in [-0.1, -0.05) is 12.1 Å². The molecule has 0 aliphatic heterocycles. The van der Waals surface area contributed by atoms with Gasteiger partial charge in [0, 0.05) is 6.07 Å². The summed E-state index contributed by atoms with van der Waals surface area (Å²) in [7, 11) is -4.78. The Balaban J connectivity index is 3.05. The summed E-state index contributed by atoms with van der Waals surface area (Å²) >= 11 is 0. The number of nitrogens with zero attached hydrogens (tertiary/aromatic N) is 1. The molecule has 0 unspecified atom stereocenters. The quantitative estimate of drug-likeness (QED) is 0.457. The number of aliphatic carboxylic acids is 1. The minimum atomic E-state index is -4.78. The van der Waals surface area contributed by atoms with E-state index in [1.54, 1.807) is 0 Å². The van der Waals surface area contributed by atoms with Crippen molar-refractivity contribution in [1.29, 1.82) is 0 Å². The van der Waals surface area contributed by atoms with Gasteiger partial charge in [-0.15, -0.1) is 0 Å². The van der Waals surface area contributed by atoms with Crippen LogP contribution in [0.2, 0.25) is 0 Å². The number of nitro benzene ring substituents is 1. The number of carbonyl (C=O) groups excluding carboxylic acids is 1. The number of nitro groups is 1. The lowest BCUT2D eigenvalue weighted by Crippen LogP contribution is -2.50. The van der Waals surface area contributed by atoms with E-state index in [4.69, 9.17) is 5.11 Å². The maximum absolute atomic E-state index is 11.9. The molecule has 120 valence electrons. The van der Waals surface area contributed by atoms with Gasteiger partial charge in [-0.2, -0.15) is 8.42 Å². The molecule has 0 saturated heterocycles. The Morgan fingerprint density at radius 3 is 2.36 bits per heavy atom. The van der Waals surface area contributed by atoms with Crippen LogP contribution < -0.4 is 5.32 Å². The number of amides is 1. The molecule has 11 heteroatoms. The zero-order valence-electron chi connectivity index (χ0n) is 11.5. The first-order chi connectivity index (χ1) is 9.97. The molecule has 22 heavy (non-hydrogen) atoms. The van der Waals surface area contributed by atoms with Crippen LogP contribution in [0.3, 0.4) is 0 Å². The van der Waals surface area contributed by atoms with Crippen LogP contribution >= 0.6 is 0 Å². The largest absolute Gasteiger partial charge is 0.480 e. The predicted octanol–water partition coefficient (Wildman–Crippen LogP) is 0.873. The van der Waals surface area contributed by atoms with Gasteiger partial charge in [0.15, 0.2) is 4.90 Å². The van der Waals surface area contributed by atoms with Crippen molar-refractivity contribution < 1.29 is 32.2 Å². The average Bonchev–Trinajstić information content (AvgIpc) is 2.36. The second-order valence-corrected chi connectivity index (χ2v) is 6.12. The van der Waals surface area contributed by atoms with E-state index in [1.807, 2.05) is 5.32 Å². The Hall–Kier alpha value is -2.69. The van der Waals surface area contributed by atoms with Crippen molar-refractivity contribution in [3.05, 3.63) is 34.4 Å². The van der Waals surface area contributed by atoms with Gasteiger partial charge in [0.05, 0.1) is 4.92 Å². The van der Waals surface area contributed by atoms with Crippen molar-refractivity contribution >= 4 is 27.9 Å². The molecule has 0 aliphatic rings. The maximum Gasteiger partial charge on any atom is 0.423 e. The summed E-state index contributed by atoms with van der Waals surface area (Å²) in [6, 6.07) is 4.27. The SMILES string of the molecule is CC(C)(NC(=O)OS(=O)(=O)c1ccccc1[N+](=O)[O-])C(=O)O. The van der Waals surface area contributed by atoms with Crippen LogP contribution in [-0.4, -0.2) is 36.0 Å². The minimum absolute atomic E-state index is 0.771. The number of para-hydroxylation sites is 1. The van der Waals surface area contributed by atoms with E-state index in [-0.39, 0.29) is 0 Å². The Labute approximate surface area is 125 Å². The number of hydrogen-bond donors (Lipinski definition) is 2. The molecule has 0 saturated carbocycles. The number of rotatable bonds is 5. The summed E-state index contributed by atoms with van der Waals surface area (Å²) < 4.78 is 27.9. The second-order valence-electron chi connectivity index (χ2n) is 4.60. The van der Waals surface area contributed by atoms with Crippen molar-refractivity contribution in [3.63, 3.8) is 0 Å². The average molecular weight is 332 g/mol. The van der Waals surface area contributed by atoms with Crippen LogP contribution in [0.4, 0.5) is 10.5 Å². The highest BCUT2D eigenvalue weighted by molar-refractivity contribution is 7.87. The molecule has 0 spiro atoms. The van der Waals surface area contributed by atoms with Crippen LogP contribution in [0.1, 0.15) is 13.8 Å². The Morgan fingerprint density at radius 2 is 1.86 bits per heavy atom. The Kier molecular flexibility index (Phi) is 4.71. The van der Waals surface area contributed by atoms with E-state index < -0.39 is 43.2 Å². The summed E-state index contributed by atoms with van der Waals surface area (Å²) in [5, 5.41) is 21.4. The number of carboxylic acids is 1. The fourth-order valence-electron chi connectivity index (χ4n) is 1.29. The van der Waals surface area contributed by atoms with Gasteiger partial charge >= 0.3 is 22.2 Å². The van der Waals surface area contributed by atoms with Gasteiger partial charge < -0.3 is 14.6 Å². The fraction of sp³-hybridized carbons (Fsp3) is 0.273. The van der Waals surface area contributed by atoms with Crippen LogP contribution in [0, 0.1) is 10.1 Å². The molecule has 2 N–H and O–H groups in total. The van der Waals surface area contributed by atoms with Gasteiger partial charge in [-0.05, 0) is 19.9 Å². The van der Waals surface area contributed by atoms with Crippen molar-refractivity contribution in [2.24, 2.45) is 0 Å². The standard InChI is InChI=1S/C11H12N2O8S/c1-11(2,9(14)15)12-10(16)21-22(19,20)8-6-4-3-5-7(8)13(17)18/h3-6H,1-2H3,(H,12,16)(H,14,15). The van der Waals surface area contributed by atoms with E-state index in [0.717, 1.165) is 26.0 Å². The molecule has 10 nitrogen and oxygen atoms in total. The molecular weight excluding hydrogens is 320 g/mol. The molecule has 0 fully saturated rings. The highest BCUT2D eigenvalue weighted by Crippen LogP contribution is 2.24.